The van der Waals surface area contributed by atoms with E-state index >= 15 is 0 Å². The fraction of sp³-hybridized carbons (Fsp3) is 0.400. The summed E-state index contributed by atoms with van der Waals surface area (Å²) in [5, 5.41) is 18.7. The summed E-state index contributed by atoms with van der Waals surface area (Å²) in [4.78, 5) is 12.2. The van der Waals surface area contributed by atoms with Crippen molar-refractivity contribution >= 4 is 17.3 Å². The van der Waals surface area contributed by atoms with E-state index in [1.807, 2.05) is 4.68 Å². The number of alkyl halides is 3. The molecule has 1 saturated heterocycles. The molecular weight excluding hydrogens is 413 g/mol. The standard InChI is InChI=1S/C20H19F3N6O2/c1-19(8-9-24-17(19)30)18-27-26-16(31-18)15-14(13-3-2-10-29(13)28-15)25-12-6-4-11(5-7-12)20(21,22)23/h4-7,25H,2-3,8-10H2,1H3,(H,24,30)/t19-/m1/s1. The summed E-state index contributed by atoms with van der Waals surface area (Å²) < 4.78 is 46.3. The molecular formula is C20H19F3N6O2. The molecule has 2 aliphatic rings. The number of carbonyl (C=O) groups is 1. The van der Waals surface area contributed by atoms with Crippen molar-refractivity contribution in [1.82, 2.24) is 25.3 Å². The van der Waals surface area contributed by atoms with Crippen LogP contribution in [0.25, 0.3) is 11.6 Å². The number of hydrogen-bond acceptors (Lipinski definition) is 6. The minimum Gasteiger partial charge on any atom is -0.418 e. The Morgan fingerprint density at radius 3 is 2.68 bits per heavy atom. The lowest BCUT2D eigenvalue weighted by atomic mass is 9.89. The van der Waals surface area contributed by atoms with Crippen LogP contribution in [0.3, 0.4) is 0 Å². The lowest BCUT2D eigenvalue weighted by Gasteiger charge is -2.14. The second kappa shape index (κ2) is 6.82. The molecule has 31 heavy (non-hydrogen) atoms. The van der Waals surface area contributed by atoms with E-state index in [4.69, 9.17) is 4.42 Å². The number of rotatable bonds is 4. The van der Waals surface area contributed by atoms with Crippen molar-refractivity contribution in [3.63, 3.8) is 0 Å². The first kappa shape index (κ1) is 19.6. The molecule has 1 atom stereocenters. The molecule has 0 radical (unpaired) electrons. The Kier molecular flexibility index (Phi) is 4.31. The number of anilines is 2. The maximum absolute atomic E-state index is 12.9. The molecule has 0 unspecified atom stereocenters. The molecule has 2 N–H and O–H groups in total. The van der Waals surface area contributed by atoms with Crippen LogP contribution in [0.5, 0.6) is 0 Å². The maximum Gasteiger partial charge on any atom is 0.416 e. The predicted molar refractivity (Wildman–Crippen MR) is 104 cm³/mol. The predicted octanol–water partition coefficient (Wildman–Crippen LogP) is 3.42. The molecule has 3 aromatic rings. The molecule has 4 heterocycles. The molecule has 2 aromatic heterocycles. The van der Waals surface area contributed by atoms with E-state index in [1.54, 1.807) is 6.92 Å². The van der Waals surface area contributed by atoms with Gasteiger partial charge < -0.3 is 15.1 Å². The van der Waals surface area contributed by atoms with Crippen molar-refractivity contribution in [2.24, 2.45) is 0 Å². The van der Waals surface area contributed by atoms with Crippen LogP contribution in [0.1, 0.15) is 36.9 Å². The van der Waals surface area contributed by atoms with Gasteiger partial charge in [-0.2, -0.15) is 18.3 Å². The monoisotopic (exact) mass is 432 g/mol. The number of benzene rings is 1. The van der Waals surface area contributed by atoms with Crippen molar-refractivity contribution in [3.05, 3.63) is 41.4 Å². The van der Waals surface area contributed by atoms with Gasteiger partial charge in [0.05, 0.1) is 16.9 Å². The number of hydrogen-bond donors (Lipinski definition) is 2. The van der Waals surface area contributed by atoms with Crippen molar-refractivity contribution in [2.75, 3.05) is 11.9 Å². The quantitative estimate of drug-likeness (QED) is 0.656. The third kappa shape index (κ3) is 3.24. The number of carbonyl (C=O) groups excluding carboxylic acids is 1. The molecule has 11 heteroatoms. The summed E-state index contributed by atoms with van der Waals surface area (Å²) >= 11 is 0. The molecule has 0 aliphatic carbocycles. The Morgan fingerprint density at radius 1 is 1.23 bits per heavy atom. The largest absolute Gasteiger partial charge is 0.418 e. The fourth-order valence-corrected chi connectivity index (χ4v) is 3.98. The van der Waals surface area contributed by atoms with E-state index in [0.717, 1.165) is 37.2 Å². The number of amides is 1. The van der Waals surface area contributed by atoms with Crippen molar-refractivity contribution in [2.45, 2.75) is 44.3 Å². The van der Waals surface area contributed by atoms with Gasteiger partial charge in [-0.3, -0.25) is 9.48 Å². The van der Waals surface area contributed by atoms with E-state index in [2.05, 4.69) is 25.9 Å². The highest BCUT2D eigenvalue weighted by Crippen LogP contribution is 2.38. The summed E-state index contributed by atoms with van der Waals surface area (Å²) in [6, 6.07) is 4.79. The van der Waals surface area contributed by atoms with Gasteiger partial charge in [-0.05, 0) is 50.5 Å². The highest BCUT2D eigenvalue weighted by Gasteiger charge is 2.44. The summed E-state index contributed by atoms with van der Waals surface area (Å²) in [5.74, 6) is 0.205. The maximum atomic E-state index is 12.9. The van der Waals surface area contributed by atoms with Crippen molar-refractivity contribution in [3.8, 4) is 11.6 Å². The molecule has 1 fully saturated rings. The lowest BCUT2D eigenvalue weighted by molar-refractivity contribution is -0.137. The average Bonchev–Trinajstić information content (AvgIpc) is 3.48. The third-order valence-electron chi connectivity index (χ3n) is 5.83. The first-order valence-corrected chi connectivity index (χ1v) is 9.92. The van der Waals surface area contributed by atoms with Crippen LogP contribution in [-0.2, 0) is 29.4 Å². The van der Waals surface area contributed by atoms with Crippen LogP contribution >= 0.6 is 0 Å². The number of nitrogens with one attached hydrogen (secondary N) is 2. The molecule has 162 valence electrons. The summed E-state index contributed by atoms with van der Waals surface area (Å²) in [6.45, 7) is 3.01. The Labute approximate surface area is 174 Å². The molecule has 1 amide bonds. The van der Waals surface area contributed by atoms with E-state index in [-0.39, 0.29) is 17.7 Å². The van der Waals surface area contributed by atoms with Crippen molar-refractivity contribution in [1.29, 1.82) is 0 Å². The first-order chi connectivity index (χ1) is 14.8. The zero-order valence-corrected chi connectivity index (χ0v) is 16.6. The molecule has 1 aromatic carbocycles. The van der Waals surface area contributed by atoms with Gasteiger partial charge in [0.1, 0.15) is 5.41 Å². The third-order valence-corrected chi connectivity index (χ3v) is 5.83. The number of aryl methyl sites for hydroxylation is 1. The average molecular weight is 432 g/mol. The van der Waals surface area contributed by atoms with Crippen LogP contribution in [0.15, 0.2) is 28.7 Å². The summed E-state index contributed by atoms with van der Waals surface area (Å²) in [7, 11) is 0. The second-order valence-corrected chi connectivity index (χ2v) is 7.95. The molecule has 8 nitrogen and oxygen atoms in total. The van der Waals surface area contributed by atoms with Crippen LogP contribution in [-0.4, -0.2) is 32.4 Å². The van der Waals surface area contributed by atoms with E-state index in [9.17, 15) is 18.0 Å². The van der Waals surface area contributed by atoms with Gasteiger partial charge >= 0.3 is 6.18 Å². The van der Waals surface area contributed by atoms with Gasteiger partial charge in [0, 0.05) is 18.8 Å². The van der Waals surface area contributed by atoms with Gasteiger partial charge in [-0.25, -0.2) is 0 Å². The summed E-state index contributed by atoms with van der Waals surface area (Å²) in [6.07, 6.45) is -2.18. The van der Waals surface area contributed by atoms with Gasteiger partial charge in [-0.1, -0.05) is 0 Å². The first-order valence-electron chi connectivity index (χ1n) is 9.92. The van der Waals surface area contributed by atoms with E-state index in [1.165, 1.54) is 12.1 Å². The Hall–Kier alpha value is -3.37. The lowest BCUT2D eigenvalue weighted by Crippen LogP contribution is -2.32. The number of nitrogens with zero attached hydrogens (tertiary/aromatic N) is 4. The second-order valence-electron chi connectivity index (χ2n) is 7.95. The van der Waals surface area contributed by atoms with Crippen LogP contribution in [0.2, 0.25) is 0 Å². The van der Waals surface area contributed by atoms with E-state index < -0.39 is 17.2 Å². The number of fused-ring (bicyclic) bond motifs is 1. The Bertz CT molecular complexity index is 1150. The zero-order valence-electron chi connectivity index (χ0n) is 16.6. The fourth-order valence-electron chi connectivity index (χ4n) is 3.98. The highest BCUT2D eigenvalue weighted by atomic mass is 19.4. The van der Waals surface area contributed by atoms with Gasteiger partial charge in [0.25, 0.3) is 5.89 Å². The molecule has 5 rings (SSSR count). The smallest absolute Gasteiger partial charge is 0.416 e. The van der Waals surface area contributed by atoms with Gasteiger partial charge in [0.2, 0.25) is 11.8 Å². The zero-order chi connectivity index (χ0) is 21.8. The number of aromatic nitrogens is 4. The minimum absolute atomic E-state index is 0.159. The van der Waals surface area contributed by atoms with Crippen LogP contribution in [0, 0.1) is 0 Å². The summed E-state index contributed by atoms with van der Waals surface area (Å²) in [5.41, 5.74) is 0.819. The minimum atomic E-state index is -4.40. The van der Waals surface area contributed by atoms with E-state index in [0.29, 0.717) is 30.0 Å². The molecule has 2 aliphatic heterocycles. The molecule has 0 spiro atoms. The van der Waals surface area contributed by atoms with Crippen LogP contribution in [0.4, 0.5) is 24.5 Å². The normalized spacial score (nSPS) is 20.7. The molecule has 0 bridgehead atoms. The Balaban J connectivity index is 1.50. The Morgan fingerprint density at radius 2 is 2.00 bits per heavy atom. The van der Waals surface area contributed by atoms with Crippen molar-refractivity contribution < 1.29 is 22.4 Å². The van der Waals surface area contributed by atoms with Gasteiger partial charge in [-0.15, -0.1) is 10.2 Å². The van der Waals surface area contributed by atoms with Gasteiger partial charge in [0.15, 0.2) is 5.69 Å². The number of halogens is 3. The topological polar surface area (TPSA) is 97.9 Å². The van der Waals surface area contributed by atoms with Crippen LogP contribution < -0.4 is 10.6 Å². The molecule has 0 saturated carbocycles. The SMILES string of the molecule is C[C@@]1(c2nnc(-c3nn4c(c3Nc3ccc(C(F)(F)F)cc3)CCC4)o2)CCNC1=O. The highest BCUT2D eigenvalue weighted by molar-refractivity contribution is 5.88.